The van der Waals surface area contributed by atoms with Crippen LogP contribution in [0.1, 0.15) is 23.4 Å². The largest absolute Gasteiger partial charge is 0.480 e. The van der Waals surface area contributed by atoms with Crippen molar-refractivity contribution in [3.63, 3.8) is 0 Å². The second-order valence-corrected chi connectivity index (χ2v) is 11.0. The fourth-order valence-corrected chi connectivity index (χ4v) is 5.07. The van der Waals surface area contributed by atoms with Gasteiger partial charge in [0.15, 0.2) is 0 Å². The third kappa shape index (κ3) is 8.68. The van der Waals surface area contributed by atoms with Crippen LogP contribution in [0, 0.1) is 0 Å². The zero-order valence-corrected chi connectivity index (χ0v) is 24.3. The molecule has 15 heteroatoms. The van der Waals surface area contributed by atoms with E-state index in [1.54, 1.807) is 12.4 Å². The highest BCUT2D eigenvalue weighted by atomic mass is 32.2. The maximum Gasteiger partial charge on any atom is 0.326 e. The Balaban J connectivity index is 1.56. The Hall–Kier alpha value is -4.63. The van der Waals surface area contributed by atoms with Gasteiger partial charge in [0.05, 0.1) is 18.7 Å². The lowest BCUT2D eigenvalue weighted by atomic mass is 10.0. The highest BCUT2D eigenvalue weighted by molar-refractivity contribution is 7.98. The summed E-state index contributed by atoms with van der Waals surface area (Å²) in [5.74, 6) is -2.53. The van der Waals surface area contributed by atoms with Crippen molar-refractivity contribution >= 4 is 46.4 Å². The number of aromatic nitrogens is 5. The Morgan fingerprint density at radius 1 is 0.860 bits per heavy atom. The van der Waals surface area contributed by atoms with Gasteiger partial charge < -0.3 is 41.7 Å². The molecule has 0 fully saturated rings. The summed E-state index contributed by atoms with van der Waals surface area (Å²) in [6, 6.07) is 3.16. The molecule has 0 aliphatic rings. The van der Waals surface area contributed by atoms with E-state index in [0.29, 0.717) is 17.1 Å². The van der Waals surface area contributed by atoms with Gasteiger partial charge in [-0.1, -0.05) is 18.2 Å². The van der Waals surface area contributed by atoms with Crippen LogP contribution in [0.25, 0.3) is 10.9 Å². The monoisotopic (exact) mass is 609 g/mol. The number of aromatic amines is 3. The predicted octanol–water partition coefficient (Wildman–Crippen LogP) is 0.261. The average Bonchev–Trinajstić information content (AvgIpc) is 3.77. The van der Waals surface area contributed by atoms with Crippen molar-refractivity contribution in [1.82, 2.24) is 40.9 Å². The summed E-state index contributed by atoms with van der Waals surface area (Å²) in [6.07, 6.45) is 10.1. The number of nitrogens with one attached hydrogen (secondary N) is 6. The van der Waals surface area contributed by atoms with Crippen LogP contribution in [0.3, 0.4) is 0 Å². The number of carbonyl (C=O) groups excluding carboxylic acids is 3. The molecule has 14 nitrogen and oxygen atoms in total. The van der Waals surface area contributed by atoms with Gasteiger partial charge in [-0.3, -0.25) is 14.4 Å². The number of imidazole rings is 2. The highest BCUT2D eigenvalue weighted by Gasteiger charge is 2.31. The minimum absolute atomic E-state index is 0.0134. The first kappa shape index (κ1) is 31.3. The number of carbonyl (C=O) groups is 4. The fraction of sp³-hybridized carbons (Fsp3) is 0.357. The van der Waals surface area contributed by atoms with Crippen LogP contribution < -0.4 is 21.7 Å². The van der Waals surface area contributed by atoms with Gasteiger partial charge in [-0.05, 0) is 30.1 Å². The van der Waals surface area contributed by atoms with E-state index < -0.39 is 47.9 Å². The van der Waals surface area contributed by atoms with Crippen LogP contribution in [0.2, 0.25) is 0 Å². The summed E-state index contributed by atoms with van der Waals surface area (Å²) >= 11 is 1.46. The molecule has 4 atom stereocenters. The van der Waals surface area contributed by atoms with Crippen molar-refractivity contribution < 1.29 is 24.3 Å². The number of fused-ring (bicyclic) bond motifs is 1. The zero-order valence-electron chi connectivity index (χ0n) is 23.5. The topological polar surface area (TPSA) is 224 Å². The SMILES string of the molecule is CSCCC(NC(=O)C(Cc1cnc[nH]1)NC(=O)C(Cc1c[nH]c2ccccc12)NC(=O)C(N)Cc1cnc[nH]1)C(=O)O. The summed E-state index contributed by atoms with van der Waals surface area (Å²) in [7, 11) is 0. The molecule has 3 heterocycles. The molecule has 1 aromatic carbocycles. The number of benzene rings is 1. The Kier molecular flexibility index (Phi) is 10.9. The number of thioether (sulfide) groups is 1. The first-order valence-corrected chi connectivity index (χ1v) is 15.0. The number of nitrogens with zero attached hydrogens (tertiary/aromatic N) is 2. The molecule has 43 heavy (non-hydrogen) atoms. The van der Waals surface area contributed by atoms with E-state index in [1.807, 2.05) is 30.5 Å². The van der Waals surface area contributed by atoms with Crippen LogP contribution in [0.15, 0.2) is 55.5 Å². The zero-order chi connectivity index (χ0) is 30.8. The summed E-state index contributed by atoms with van der Waals surface area (Å²) < 4.78 is 0. The number of para-hydroxylation sites is 1. The lowest BCUT2D eigenvalue weighted by Crippen LogP contribution is -2.58. The number of nitrogens with two attached hydrogens (primary N) is 1. The number of rotatable bonds is 16. The van der Waals surface area contributed by atoms with Crippen molar-refractivity contribution in [1.29, 1.82) is 0 Å². The van der Waals surface area contributed by atoms with Crippen LogP contribution in [0.4, 0.5) is 0 Å². The van der Waals surface area contributed by atoms with Gasteiger partial charge in [0, 0.05) is 60.1 Å². The van der Waals surface area contributed by atoms with Gasteiger partial charge in [-0.25, -0.2) is 14.8 Å². The molecular formula is C28H35N9O5S. The fourth-order valence-electron chi connectivity index (χ4n) is 4.60. The van der Waals surface area contributed by atoms with Gasteiger partial charge in [-0.15, -0.1) is 0 Å². The van der Waals surface area contributed by atoms with E-state index in [9.17, 15) is 24.3 Å². The van der Waals surface area contributed by atoms with Crippen LogP contribution in [-0.4, -0.2) is 89.9 Å². The summed E-state index contributed by atoms with van der Waals surface area (Å²) in [5.41, 5.74) is 9.00. The van der Waals surface area contributed by atoms with Crippen molar-refractivity contribution in [2.24, 2.45) is 5.73 Å². The van der Waals surface area contributed by atoms with Gasteiger partial charge >= 0.3 is 5.97 Å². The molecule has 228 valence electrons. The van der Waals surface area contributed by atoms with E-state index in [-0.39, 0.29) is 25.7 Å². The molecule has 0 radical (unpaired) electrons. The number of carboxylic acids is 1. The Bertz CT molecular complexity index is 1510. The van der Waals surface area contributed by atoms with Crippen LogP contribution in [-0.2, 0) is 38.4 Å². The molecule has 4 unspecified atom stereocenters. The molecule has 0 bridgehead atoms. The second-order valence-electron chi connectivity index (χ2n) is 10.0. The third-order valence-corrected chi connectivity index (χ3v) is 7.54. The minimum atomic E-state index is -1.18. The number of hydrogen-bond donors (Lipinski definition) is 8. The molecule has 0 spiro atoms. The lowest BCUT2D eigenvalue weighted by molar-refractivity contribution is -0.142. The standard InChI is InChI=1S/C28H35N9O5S/c1-43-7-6-22(28(41)42)35-27(40)24(10-18-13-31-15-34-18)37-26(39)23(8-16-11-32-21-5-3-2-4-19(16)21)36-25(38)20(29)9-17-12-30-14-33-17/h2-5,11-15,20,22-24,32H,6-10,29H2,1H3,(H,30,33)(H,31,34)(H,35,40)(H,36,38)(H,37,39)(H,41,42). The van der Waals surface area contributed by atoms with Gasteiger partial charge in [0.25, 0.3) is 0 Å². The smallest absolute Gasteiger partial charge is 0.326 e. The maximum absolute atomic E-state index is 13.8. The Labute approximate surface area is 251 Å². The number of aliphatic carboxylic acids is 1. The number of H-pyrrole nitrogens is 3. The molecule has 0 saturated heterocycles. The Morgan fingerprint density at radius 3 is 2.09 bits per heavy atom. The molecular weight excluding hydrogens is 574 g/mol. The molecule has 0 aliphatic heterocycles. The molecule has 4 aromatic rings. The van der Waals surface area contributed by atoms with Gasteiger partial charge in [0.2, 0.25) is 17.7 Å². The van der Waals surface area contributed by atoms with E-state index >= 15 is 0 Å². The molecule has 4 rings (SSSR count). The van der Waals surface area contributed by atoms with Crippen molar-refractivity contribution in [3.05, 3.63) is 72.5 Å². The quantitative estimate of drug-likeness (QED) is 0.0871. The highest BCUT2D eigenvalue weighted by Crippen LogP contribution is 2.19. The number of hydrogen-bond acceptors (Lipinski definition) is 8. The molecule has 0 saturated carbocycles. The normalized spacial score (nSPS) is 14.0. The number of amides is 3. The summed E-state index contributed by atoms with van der Waals surface area (Å²) in [5, 5.41) is 18.5. The average molecular weight is 610 g/mol. The summed E-state index contributed by atoms with van der Waals surface area (Å²) in [6.45, 7) is 0. The lowest BCUT2D eigenvalue weighted by Gasteiger charge is -2.25. The molecule has 3 amide bonds. The first-order valence-electron chi connectivity index (χ1n) is 13.6. The molecule has 0 aliphatic carbocycles. The van der Waals surface area contributed by atoms with E-state index in [1.165, 1.54) is 30.6 Å². The van der Waals surface area contributed by atoms with Crippen LogP contribution >= 0.6 is 11.8 Å². The van der Waals surface area contributed by atoms with Gasteiger partial charge in [-0.2, -0.15) is 11.8 Å². The number of carboxylic acid groups (broad SMARTS) is 1. The third-order valence-electron chi connectivity index (χ3n) is 6.90. The first-order chi connectivity index (χ1) is 20.7. The maximum atomic E-state index is 13.8. The van der Waals surface area contributed by atoms with Crippen LogP contribution in [0.5, 0.6) is 0 Å². The van der Waals surface area contributed by atoms with Gasteiger partial charge in [0.1, 0.15) is 18.1 Å². The van der Waals surface area contributed by atoms with Crippen molar-refractivity contribution in [3.8, 4) is 0 Å². The second kappa shape index (κ2) is 15.0. The molecule has 3 aromatic heterocycles. The van der Waals surface area contributed by atoms with E-state index in [0.717, 1.165) is 16.5 Å². The van der Waals surface area contributed by atoms with E-state index in [2.05, 4.69) is 40.9 Å². The minimum Gasteiger partial charge on any atom is -0.480 e. The predicted molar refractivity (Wildman–Crippen MR) is 161 cm³/mol. The summed E-state index contributed by atoms with van der Waals surface area (Å²) in [4.78, 5) is 69.0. The Morgan fingerprint density at radius 2 is 1.47 bits per heavy atom. The van der Waals surface area contributed by atoms with Crippen molar-refractivity contribution in [2.45, 2.75) is 49.9 Å². The van der Waals surface area contributed by atoms with Crippen molar-refractivity contribution in [2.75, 3.05) is 12.0 Å². The van der Waals surface area contributed by atoms with E-state index in [4.69, 9.17) is 5.73 Å². The molecule has 9 N–H and O–H groups in total.